The minimum atomic E-state index is 0.0370. The number of rotatable bonds is 2. The SMILES string of the molecule is COc1ccc2c(c1)C(C)N(N=C(C)C)C(Cl)=N2. The summed E-state index contributed by atoms with van der Waals surface area (Å²) in [5.41, 5.74) is 2.86. The van der Waals surface area contributed by atoms with Crippen molar-refractivity contribution in [2.75, 3.05) is 7.11 Å². The molecule has 0 N–H and O–H groups in total. The second kappa shape index (κ2) is 4.98. The van der Waals surface area contributed by atoms with E-state index in [-0.39, 0.29) is 6.04 Å². The summed E-state index contributed by atoms with van der Waals surface area (Å²) in [6.45, 7) is 5.90. The molecule has 1 unspecified atom stereocenters. The molecule has 0 radical (unpaired) electrons. The van der Waals surface area contributed by atoms with Crippen LogP contribution < -0.4 is 4.74 Å². The fourth-order valence-electron chi connectivity index (χ4n) is 1.88. The molecule has 1 aliphatic heterocycles. The standard InChI is InChI=1S/C13H16ClN3O/c1-8(2)16-17-9(3)11-7-10(18-4)5-6-12(11)15-13(17)14/h5-7,9H,1-4H3. The fraction of sp³-hybridized carbons (Fsp3) is 0.385. The molecule has 1 aromatic carbocycles. The van der Waals surface area contributed by atoms with E-state index in [4.69, 9.17) is 16.3 Å². The largest absolute Gasteiger partial charge is 0.497 e. The van der Waals surface area contributed by atoms with Crippen LogP contribution in [0.5, 0.6) is 5.75 Å². The third-order valence-electron chi connectivity index (χ3n) is 2.76. The normalized spacial score (nSPS) is 17.9. The Kier molecular flexibility index (Phi) is 3.57. The van der Waals surface area contributed by atoms with Crippen molar-refractivity contribution in [3.8, 4) is 5.75 Å². The lowest BCUT2D eigenvalue weighted by Gasteiger charge is -2.30. The summed E-state index contributed by atoms with van der Waals surface area (Å²) in [6, 6.07) is 5.80. The molecule has 0 fully saturated rings. The van der Waals surface area contributed by atoms with Crippen LogP contribution in [-0.4, -0.2) is 23.1 Å². The first-order valence-electron chi connectivity index (χ1n) is 5.76. The predicted octanol–water partition coefficient (Wildman–Crippen LogP) is 3.69. The minimum absolute atomic E-state index is 0.0370. The van der Waals surface area contributed by atoms with Gasteiger partial charge < -0.3 is 4.74 Å². The van der Waals surface area contributed by atoms with Gasteiger partial charge in [-0.25, -0.2) is 10.0 Å². The lowest BCUT2D eigenvalue weighted by Crippen LogP contribution is -2.28. The van der Waals surface area contributed by atoms with Crippen LogP contribution in [0.4, 0.5) is 5.69 Å². The van der Waals surface area contributed by atoms with Crippen molar-refractivity contribution in [2.24, 2.45) is 10.1 Å². The van der Waals surface area contributed by atoms with E-state index in [1.54, 1.807) is 12.1 Å². The number of hydrogen-bond donors (Lipinski definition) is 0. The number of halogens is 1. The Balaban J connectivity index is 2.48. The lowest BCUT2D eigenvalue weighted by atomic mass is 10.0. The number of nitrogens with zero attached hydrogens (tertiary/aromatic N) is 3. The molecule has 0 spiro atoms. The second-order valence-corrected chi connectivity index (χ2v) is 4.71. The van der Waals surface area contributed by atoms with E-state index in [2.05, 4.69) is 10.1 Å². The van der Waals surface area contributed by atoms with Gasteiger partial charge in [0.15, 0.2) is 0 Å². The van der Waals surface area contributed by atoms with Crippen LogP contribution in [0.2, 0.25) is 0 Å². The average Bonchev–Trinajstić information content (AvgIpc) is 2.34. The smallest absolute Gasteiger partial charge is 0.220 e. The van der Waals surface area contributed by atoms with Gasteiger partial charge >= 0.3 is 0 Å². The molecule has 18 heavy (non-hydrogen) atoms. The number of benzene rings is 1. The quantitative estimate of drug-likeness (QED) is 0.604. The highest BCUT2D eigenvalue weighted by atomic mass is 35.5. The van der Waals surface area contributed by atoms with Gasteiger partial charge in [0.25, 0.3) is 0 Å². The van der Waals surface area contributed by atoms with E-state index >= 15 is 0 Å². The molecule has 0 saturated carbocycles. The Morgan fingerprint density at radius 1 is 1.44 bits per heavy atom. The van der Waals surface area contributed by atoms with Crippen LogP contribution in [0.15, 0.2) is 28.3 Å². The maximum absolute atomic E-state index is 6.16. The Bertz CT molecular complexity index is 521. The third kappa shape index (κ3) is 2.34. The van der Waals surface area contributed by atoms with Gasteiger partial charge in [-0.15, -0.1) is 0 Å². The molecule has 0 amide bonds. The molecule has 4 nitrogen and oxygen atoms in total. The summed E-state index contributed by atoms with van der Waals surface area (Å²) in [5.74, 6) is 0.811. The summed E-state index contributed by atoms with van der Waals surface area (Å²) in [4.78, 5) is 4.35. The molecular formula is C13H16ClN3O. The number of ether oxygens (including phenoxy) is 1. The van der Waals surface area contributed by atoms with Gasteiger partial charge in [-0.2, -0.15) is 5.10 Å². The molecule has 1 atom stereocenters. The van der Waals surface area contributed by atoms with E-state index < -0.39 is 0 Å². The maximum Gasteiger partial charge on any atom is 0.220 e. The molecular weight excluding hydrogens is 250 g/mol. The van der Waals surface area contributed by atoms with Crippen molar-refractivity contribution in [1.82, 2.24) is 5.01 Å². The number of aliphatic imine (C=N–C) groups is 1. The second-order valence-electron chi connectivity index (χ2n) is 4.37. The van der Waals surface area contributed by atoms with Gasteiger partial charge in [0.2, 0.25) is 5.29 Å². The Hall–Kier alpha value is -1.55. The molecule has 96 valence electrons. The summed E-state index contributed by atoms with van der Waals surface area (Å²) < 4.78 is 5.24. The first-order chi connectivity index (χ1) is 8.52. The summed E-state index contributed by atoms with van der Waals surface area (Å²) >= 11 is 6.16. The molecule has 0 aromatic heterocycles. The molecule has 1 heterocycles. The van der Waals surface area contributed by atoms with Crippen molar-refractivity contribution < 1.29 is 4.74 Å². The fourth-order valence-corrected chi connectivity index (χ4v) is 2.16. The minimum Gasteiger partial charge on any atom is -0.497 e. The summed E-state index contributed by atoms with van der Waals surface area (Å²) in [7, 11) is 1.65. The van der Waals surface area contributed by atoms with E-state index in [0.717, 1.165) is 22.7 Å². The summed E-state index contributed by atoms with van der Waals surface area (Å²) in [6.07, 6.45) is 0. The van der Waals surface area contributed by atoms with Crippen LogP contribution in [-0.2, 0) is 0 Å². The number of methoxy groups -OCH3 is 1. The predicted molar refractivity (Wildman–Crippen MR) is 75.0 cm³/mol. The highest BCUT2D eigenvalue weighted by Crippen LogP contribution is 2.37. The molecule has 0 saturated heterocycles. The Morgan fingerprint density at radius 2 is 2.17 bits per heavy atom. The number of amidine groups is 1. The van der Waals surface area contributed by atoms with Gasteiger partial charge in [0, 0.05) is 11.3 Å². The highest BCUT2D eigenvalue weighted by Gasteiger charge is 2.26. The lowest BCUT2D eigenvalue weighted by molar-refractivity contribution is 0.352. The topological polar surface area (TPSA) is 37.2 Å². The highest BCUT2D eigenvalue weighted by molar-refractivity contribution is 6.65. The van der Waals surface area contributed by atoms with E-state index in [9.17, 15) is 0 Å². The van der Waals surface area contributed by atoms with Crippen molar-refractivity contribution in [2.45, 2.75) is 26.8 Å². The van der Waals surface area contributed by atoms with Crippen LogP contribution in [0.3, 0.4) is 0 Å². The van der Waals surface area contributed by atoms with Crippen molar-refractivity contribution in [3.63, 3.8) is 0 Å². The zero-order valence-electron chi connectivity index (χ0n) is 10.9. The van der Waals surface area contributed by atoms with Gasteiger partial charge in [-0.1, -0.05) is 0 Å². The number of fused-ring (bicyclic) bond motifs is 1. The van der Waals surface area contributed by atoms with Crippen molar-refractivity contribution >= 4 is 28.3 Å². The van der Waals surface area contributed by atoms with Crippen LogP contribution in [0.25, 0.3) is 0 Å². The molecule has 1 aliphatic rings. The molecule has 2 rings (SSSR count). The Morgan fingerprint density at radius 3 is 2.78 bits per heavy atom. The molecule has 0 bridgehead atoms. The monoisotopic (exact) mass is 265 g/mol. The van der Waals surface area contributed by atoms with Crippen LogP contribution in [0.1, 0.15) is 32.4 Å². The molecule has 1 aromatic rings. The van der Waals surface area contributed by atoms with E-state index in [1.165, 1.54) is 0 Å². The van der Waals surface area contributed by atoms with Gasteiger partial charge in [0.05, 0.1) is 18.8 Å². The van der Waals surface area contributed by atoms with Crippen LogP contribution >= 0.6 is 11.6 Å². The van der Waals surface area contributed by atoms with Crippen molar-refractivity contribution in [1.29, 1.82) is 0 Å². The zero-order valence-corrected chi connectivity index (χ0v) is 11.7. The van der Waals surface area contributed by atoms with Crippen LogP contribution in [0, 0.1) is 0 Å². The number of hydrazone groups is 1. The average molecular weight is 266 g/mol. The van der Waals surface area contributed by atoms with Gasteiger partial charge in [-0.05, 0) is 50.6 Å². The first kappa shape index (κ1) is 12.9. The number of hydrogen-bond acceptors (Lipinski definition) is 4. The Labute approximate surface area is 112 Å². The van der Waals surface area contributed by atoms with E-state index in [0.29, 0.717) is 5.29 Å². The molecule has 5 heteroatoms. The first-order valence-corrected chi connectivity index (χ1v) is 6.14. The molecule has 0 aliphatic carbocycles. The maximum atomic E-state index is 6.16. The van der Waals surface area contributed by atoms with Crippen molar-refractivity contribution in [3.05, 3.63) is 23.8 Å². The van der Waals surface area contributed by atoms with Gasteiger partial charge in [0.1, 0.15) is 5.75 Å². The summed E-state index contributed by atoms with van der Waals surface area (Å²) in [5, 5.41) is 6.51. The zero-order chi connectivity index (χ0) is 13.3. The third-order valence-corrected chi connectivity index (χ3v) is 3.02. The van der Waals surface area contributed by atoms with E-state index in [1.807, 2.05) is 39.0 Å². The van der Waals surface area contributed by atoms with Gasteiger partial charge in [-0.3, -0.25) is 0 Å².